The first-order valence-electron chi connectivity index (χ1n) is 6.72. The van der Waals surface area contributed by atoms with Crippen LogP contribution in [0.3, 0.4) is 0 Å². The van der Waals surface area contributed by atoms with Crippen molar-refractivity contribution >= 4 is 0 Å². The number of ether oxygens (including phenoxy) is 2. The normalized spacial score (nSPS) is 23.7. The van der Waals surface area contributed by atoms with E-state index in [9.17, 15) is 0 Å². The van der Waals surface area contributed by atoms with Gasteiger partial charge in [-0.25, -0.2) is 0 Å². The molecule has 0 N–H and O–H groups in total. The summed E-state index contributed by atoms with van der Waals surface area (Å²) in [5.74, 6) is 0.907. The lowest BCUT2D eigenvalue weighted by molar-refractivity contribution is -0.154. The van der Waals surface area contributed by atoms with Gasteiger partial charge in [-0.1, -0.05) is 5.16 Å². The number of rotatable bonds is 4. The molecule has 2 heterocycles. The molecule has 5 heteroatoms. The van der Waals surface area contributed by atoms with E-state index in [1.54, 1.807) is 7.11 Å². The molecule has 0 aromatic carbocycles. The van der Waals surface area contributed by atoms with Crippen LogP contribution in [0.4, 0.5) is 0 Å². The van der Waals surface area contributed by atoms with Gasteiger partial charge in [0.15, 0.2) is 0 Å². The lowest BCUT2D eigenvalue weighted by Crippen LogP contribution is -2.53. The van der Waals surface area contributed by atoms with Gasteiger partial charge in [-0.05, 0) is 27.7 Å². The lowest BCUT2D eigenvalue weighted by atomic mass is 10.0. The molecule has 1 fully saturated rings. The minimum Gasteiger partial charge on any atom is -0.382 e. The predicted molar refractivity (Wildman–Crippen MR) is 72.1 cm³/mol. The minimum atomic E-state index is -0.152. The van der Waals surface area contributed by atoms with Gasteiger partial charge in [0.2, 0.25) is 0 Å². The van der Waals surface area contributed by atoms with Gasteiger partial charge in [0, 0.05) is 32.3 Å². The van der Waals surface area contributed by atoms with Crippen molar-refractivity contribution < 1.29 is 14.0 Å². The molecule has 0 radical (unpaired) electrons. The van der Waals surface area contributed by atoms with Crippen LogP contribution in [0, 0.1) is 13.8 Å². The molecule has 0 aliphatic carbocycles. The van der Waals surface area contributed by atoms with E-state index in [1.807, 2.05) is 13.8 Å². The standard InChI is InChI=1S/C14H24N2O3/c1-10-13(11(2)19-15-10)7-16-6-12(8-17-5)18-14(3,4)9-16/h12H,6-9H2,1-5H3. The van der Waals surface area contributed by atoms with Gasteiger partial charge in [0.25, 0.3) is 0 Å². The van der Waals surface area contributed by atoms with E-state index in [0.717, 1.165) is 31.1 Å². The minimum absolute atomic E-state index is 0.120. The summed E-state index contributed by atoms with van der Waals surface area (Å²) in [5, 5.41) is 4.02. The first kappa shape index (κ1) is 14.5. The Morgan fingerprint density at radius 3 is 2.74 bits per heavy atom. The van der Waals surface area contributed by atoms with Crippen LogP contribution in [0.5, 0.6) is 0 Å². The molecule has 5 nitrogen and oxygen atoms in total. The van der Waals surface area contributed by atoms with Gasteiger partial charge < -0.3 is 14.0 Å². The third-order valence-corrected chi connectivity index (χ3v) is 3.47. The topological polar surface area (TPSA) is 47.7 Å². The van der Waals surface area contributed by atoms with Gasteiger partial charge in [0.1, 0.15) is 5.76 Å². The molecule has 19 heavy (non-hydrogen) atoms. The third kappa shape index (κ3) is 3.55. The van der Waals surface area contributed by atoms with Crippen LogP contribution in [0.2, 0.25) is 0 Å². The molecule has 1 aliphatic rings. The molecular formula is C14H24N2O3. The van der Waals surface area contributed by atoms with Crippen LogP contribution >= 0.6 is 0 Å². The average molecular weight is 268 g/mol. The molecule has 1 atom stereocenters. The second kappa shape index (κ2) is 5.61. The highest BCUT2D eigenvalue weighted by Crippen LogP contribution is 2.24. The van der Waals surface area contributed by atoms with Gasteiger partial charge in [-0.15, -0.1) is 0 Å². The van der Waals surface area contributed by atoms with Crippen molar-refractivity contribution in [3.63, 3.8) is 0 Å². The van der Waals surface area contributed by atoms with E-state index < -0.39 is 0 Å². The van der Waals surface area contributed by atoms with Crippen molar-refractivity contribution in [3.8, 4) is 0 Å². The zero-order chi connectivity index (χ0) is 14.0. The fourth-order valence-corrected chi connectivity index (χ4v) is 2.76. The molecule has 108 valence electrons. The smallest absolute Gasteiger partial charge is 0.138 e. The highest BCUT2D eigenvalue weighted by molar-refractivity contribution is 5.20. The quantitative estimate of drug-likeness (QED) is 0.835. The van der Waals surface area contributed by atoms with Gasteiger partial charge in [0.05, 0.1) is 24.0 Å². The summed E-state index contributed by atoms with van der Waals surface area (Å²) >= 11 is 0. The zero-order valence-corrected chi connectivity index (χ0v) is 12.5. The molecule has 1 aromatic rings. The molecule has 0 bridgehead atoms. The average Bonchev–Trinajstić information content (AvgIpc) is 2.59. The number of aryl methyl sites for hydroxylation is 2. The third-order valence-electron chi connectivity index (χ3n) is 3.47. The molecule has 0 spiro atoms. The molecular weight excluding hydrogens is 244 g/mol. The van der Waals surface area contributed by atoms with E-state index in [4.69, 9.17) is 14.0 Å². The Morgan fingerprint density at radius 1 is 1.42 bits per heavy atom. The van der Waals surface area contributed by atoms with Gasteiger partial charge in [-0.2, -0.15) is 0 Å². The fraction of sp³-hybridized carbons (Fsp3) is 0.786. The van der Waals surface area contributed by atoms with Crippen molar-refractivity contribution in [2.45, 2.75) is 45.9 Å². The predicted octanol–water partition coefficient (Wildman–Crippen LogP) is 1.92. The molecule has 0 amide bonds. The van der Waals surface area contributed by atoms with E-state index in [0.29, 0.717) is 6.61 Å². The Bertz CT molecular complexity index is 409. The molecule has 0 saturated carbocycles. The Morgan fingerprint density at radius 2 is 2.16 bits per heavy atom. The Kier molecular flexibility index (Phi) is 4.28. The SMILES string of the molecule is COCC1CN(Cc2c(C)noc2C)CC(C)(C)O1. The molecule has 1 aromatic heterocycles. The monoisotopic (exact) mass is 268 g/mol. The molecule has 1 saturated heterocycles. The van der Waals surface area contributed by atoms with Crippen LogP contribution in [-0.4, -0.2) is 48.6 Å². The summed E-state index contributed by atoms with van der Waals surface area (Å²) in [6.45, 7) is 11.5. The summed E-state index contributed by atoms with van der Waals surface area (Å²) in [7, 11) is 1.71. The highest BCUT2D eigenvalue weighted by Gasteiger charge is 2.33. The van der Waals surface area contributed by atoms with Crippen LogP contribution in [0.1, 0.15) is 30.9 Å². The van der Waals surface area contributed by atoms with Crippen molar-refractivity contribution in [2.24, 2.45) is 0 Å². The molecule has 1 unspecified atom stereocenters. The van der Waals surface area contributed by atoms with E-state index in [1.165, 1.54) is 5.56 Å². The van der Waals surface area contributed by atoms with Gasteiger partial charge >= 0.3 is 0 Å². The van der Waals surface area contributed by atoms with Gasteiger partial charge in [-0.3, -0.25) is 4.90 Å². The Labute approximate surface area is 114 Å². The Hall–Kier alpha value is -0.910. The number of hydrogen-bond acceptors (Lipinski definition) is 5. The number of aromatic nitrogens is 1. The maximum atomic E-state index is 6.02. The number of morpholine rings is 1. The van der Waals surface area contributed by atoms with Crippen LogP contribution in [0.15, 0.2) is 4.52 Å². The van der Waals surface area contributed by atoms with E-state index >= 15 is 0 Å². The van der Waals surface area contributed by atoms with Crippen molar-refractivity contribution in [2.75, 3.05) is 26.8 Å². The number of hydrogen-bond donors (Lipinski definition) is 0. The van der Waals surface area contributed by atoms with Crippen molar-refractivity contribution in [1.82, 2.24) is 10.1 Å². The number of nitrogens with zero attached hydrogens (tertiary/aromatic N) is 2. The van der Waals surface area contributed by atoms with Crippen LogP contribution in [0.25, 0.3) is 0 Å². The van der Waals surface area contributed by atoms with Crippen LogP contribution in [-0.2, 0) is 16.0 Å². The molecule has 2 rings (SSSR count). The highest BCUT2D eigenvalue weighted by atomic mass is 16.5. The van der Waals surface area contributed by atoms with E-state index in [-0.39, 0.29) is 11.7 Å². The van der Waals surface area contributed by atoms with Crippen LogP contribution < -0.4 is 0 Å². The largest absolute Gasteiger partial charge is 0.382 e. The number of methoxy groups -OCH3 is 1. The molecule has 1 aliphatic heterocycles. The summed E-state index contributed by atoms with van der Waals surface area (Å²) in [5.41, 5.74) is 2.01. The first-order chi connectivity index (χ1) is 8.91. The Balaban J connectivity index is 2.07. The second-order valence-electron chi connectivity index (χ2n) is 5.93. The van der Waals surface area contributed by atoms with Crippen molar-refractivity contribution in [3.05, 3.63) is 17.0 Å². The summed E-state index contributed by atoms with van der Waals surface area (Å²) in [4.78, 5) is 2.39. The summed E-state index contributed by atoms with van der Waals surface area (Å²) < 4.78 is 16.5. The van der Waals surface area contributed by atoms with E-state index in [2.05, 4.69) is 23.9 Å². The first-order valence-corrected chi connectivity index (χ1v) is 6.72. The lowest BCUT2D eigenvalue weighted by Gasteiger charge is -2.42. The summed E-state index contributed by atoms with van der Waals surface area (Å²) in [6.07, 6.45) is 0.120. The maximum absolute atomic E-state index is 6.02. The second-order valence-corrected chi connectivity index (χ2v) is 5.93. The zero-order valence-electron chi connectivity index (χ0n) is 12.5. The van der Waals surface area contributed by atoms with Crippen molar-refractivity contribution in [1.29, 1.82) is 0 Å². The maximum Gasteiger partial charge on any atom is 0.138 e. The fourth-order valence-electron chi connectivity index (χ4n) is 2.76. The summed E-state index contributed by atoms with van der Waals surface area (Å²) in [6, 6.07) is 0.